The lowest BCUT2D eigenvalue weighted by Gasteiger charge is -2.09. The zero-order chi connectivity index (χ0) is 22.8. The molecule has 0 aliphatic carbocycles. The quantitative estimate of drug-likeness (QED) is 0.490. The average Bonchev–Trinajstić information content (AvgIpc) is 3.05. The number of nitrogens with one attached hydrogen (secondary N) is 2. The maximum atomic E-state index is 13.0. The summed E-state index contributed by atoms with van der Waals surface area (Å²) in [5.74, 6) is 0.0731. The first-order chi connectivity index (χ1) is 15.3. The minimum Gasteiger partial charge on any atom is -0.350 e. The zero-order valence-corrected chi connectivity index (χ0v) is 18.6. The number of hydrogen-bond acceptors (Lipinski definition) is 5. The van der Waals surface area contributed by atoms with Crippen LogP contribution in [-0.4, -0.2) is 25.1 Å². The fourth-order valence-electron chi connectivity index (χ4n) is 3.39. The number of anilines is 2. The van der Waals surface area contributed by atoms with Gasteiger partial charge in [-0.05, 0) is 56.5 Å². The number of aromatic nitrogens is 4. The molecule has 0 bridgehead atoms. The van der Waals surface area contributed by atoms with E-state index in [1.54, 1.807) is 6.07 Å². The highest BCUT2D eigenvalue weighted by molar-refractivity contribution is 5.75. The van der Waals surface area contributed by atoms with E-state index in [-0.39, 0.29) is 12.5 Å². The van der Waals surface area contributed by atoms with Crippen molar-refractivity contribution in [2.75, 3.05) is 5.32 Å². The topological polar surface area (TPSA) is 93.3 Å². The summed E-state index contributed by atoms with van der Waals surface area (Å²) in [5.41, 5.74) is 6.00. The lowest BCUT2D eigenvalue weighted by Crippen LogP contribution is -2.32. The summed E-state index contributed by atoms with van der Waals surface area (Å²) >= 11 is 0. The van der Waals surface area contributed by atoms with Crippen molar-refractivity contribution in [1.29, 1.82) is 0 Å². The van der Waals surface area contributed by atoms with Crippen LogP contribution in [0, 0.1) is 27.7 Å². The van der Waals surface area contributed by atoms with Crippen molar-refractivity contribution >= 4 is 23.2 Å². The molecule has 8 heteroatoms. The Balaban J connectivity index is 1.57. The van der Waals surface area contributed by atoms with Crippen LogP contribution in [0.2, 0.25) is 0 Å². The van der Waals surface area contributed by atoms with Gasteiger partial charge in [0, 0.05) is 24.0 Å². The van der Waals surface area contributed by atoms with Gasteiger partial charge < -0.3 is 10.6 Å². The number of nitrogens with zero attached hydrogens (tertiary/aromatic N) is 4. The summed E-state index contributed by atoms with van der Waals surface area (Å²) in [6, 6.07) is 15.6. The molecule has 2 aromatic carbocycles. The fraction of sp³-hybridized carbons (Fsp3) is 0.250. The standard InChI is InChI=1S/C24H26N6O2/c1-15-5-8-19(9-6-15)13-25-22(31)14-29-24(32)30-21(28-29)12-18(4)26-23(30)27-20-10-7-16(2)17(3)11-20/h5-12H,13-14H2,1-4H3,(H,25,31)(H,26,27). The fourth-order valence-corrected chi connectivity index (χ4v) is 3.39. The molecule has 0 unspecified atom stereocenters. The summed E-state index contributed by atoms with van der Waals surface area (Å²) < 4.78 is 2.54. The summed E-state index contributed by atoms with van der Waals surface area (Å²) in [6.07, 6.45) is 0. The van der Waals surface area contributed by atoms with Crippen LogP contribution in [0.1, 0.15) is 27.9 Å². The van der Waals surface area contributed by atoms with Gasteiger partial charge >= 0.3 is 5.69 Å². The number of rotatable bonds is 6. The van der Waals surface area contributed by atoms with Gasteiger partial charge in [0.25, 0.3) is 0 Å². The van der Waals surface area contributed by atoms with Crippen molar-refractivity contribution < 1.29 is 4.79 Å². The third kappa shape index (κ3) is 4.54. The van der Waals surface area contributed by atoms with E-state index >= 15 is 0 Å². The highest BCUT2D eigenvalue weighted by atomic mass is 16.2. The number of benzene rings is 2. The van der Waals surface area contributed by atoms with Crippen molar-refractivity contribution in [3.63, 3.8) is 0 Å². The average molecular weight is 431 g/mol. The van der Waals surface area contributed by atoms with Crippen LogP contribution in [0.15, 0.2) is 53.3 Å². The molecule has 0 fully saturated rings. The summed E-state index contributed by atoms with van der Waals surface area (Å²) in [7, 11) is 0. The first-order valence-corrected chi connectivity index (χ1v) is 10.4. The van der Waals surface area contributed by atoms with Crippen LogP contribution in [0.5, 0.6) is 0 Å². The summed E-state index contributed by atoms with van der Waals surface area (Å²) in [5, 5.41) is 10.4. The van der Waals surface area contributed by atoms with E-state index in [0.29, 0.717) is 23.8 Å². The minimum absolute atomic E-state index is 0.172. The van der Waals surface area contributed by atoms with Gasteiger partial charge in [0.05, 0.1) is 0 Å². The molecule has 2 N–H and O–H groups in total. The van der Waals surface area contributed by atoms with Gasteiger partial charge in [0.2, 0.25) is 11.9 Å². The van der Waals surface area contributed by atoms with Crippen molar-refractivity contribution in [3.8, 4) is 0 Å². The molecule has 2 aromatic heterocycles. The number of fused-ring (bicyclic) bond motifs is 1. The molecular weight excluding hydrogens is 404 g/mol. The second-order valence-electron chi connectivity index (χ2n) is 8.04. The van der Waals surface area contributed by atoms with E-state index in [1.165, 1.54) is 9.96 Å². The molecule has 0 saturated heterocycles. The molecule has 32 heavy (non-hydrogen) atoms. The Bertz CT molecular complexity index is 1350. The SMILES string of the molecule is Cc1ccc(CNC(=O)Cn2nc3cc(C)nc(Nc4ccc(C)c(C)c4)n3c2=O)cc1. The third-order valence-corrected chi connectivity index (χ3v) is 5.36. The second kappa shape index (κ2) is 8.66. The Morgan fingerprint density at radius 3 is 2.44 bits per heavy atom. The van der Waals surface area contributed by atoms with Crippen LogP contribution in [0.4, 0.5) is 11.6 Å². The van der Waals surface area contributed by atoms with E-state index in [1.807, 2.05) is 70.2 Å². The van der Waals surface area contributed by atoms with Crippen LogP contribution < -0.4 is 16.3 Å². The largest absolute Gasteiger partial charge is 0.353 e. The minimum atomic E-state index is -0.427. The number of carbonyl (C=O) groups is 1. The lowest BCUT2D eigenvalue weighted by molar-refractivity contribution is -0.122. The molecule has 0 aliphatic rings. The monoisotopic (exact) mass is 430 g/mol. The summed E-state index contributed by atoms with van der Waals surface area (Å²) in [6.45, 7) is 8.14. The molecule has 0 spiro atoms. The summed E-state index contributed by atoms with van der Waals surface area (Å²) in [4.78, 5) is 29.9. The molecule has 0 aliphatic heterocycles. The molecular formula is C24H26N6O2. The third-order valence-electron chi connectivity index (χ3n) is 5.36. The van der Waals surface area contributed by atoms with Gasteiger partial charge in [0.1, 0.15) is 6.54 Å². The van der Waals surface area contributed by atoms with E-state index in [9.17, 15) is 9.59 Å². The first-order valence-electron chi connectivity index (χ1n) is 10.4. The molecule has 2 heterocycles. The van der Waals surface area contributed by atoms with Gasteiger partial charge in [-0.2, -0.15) is 0 Å². The van der Waals surface area contributed by atoms with Crippen LogP contribution >= 0.6 is 0 Å². The predicted molar refractivity (Wildman–Crippen MR) is 124 cm³/mol. The van der Waals surface area contributed by atoms with Gasteiger partial charge in [-0.25, -0.2) is 18.9 Å². The van der Waals surface area contributed by atoms with Gasteiger partial charge in [-0.1, -0.05) is 35.9 Å². The van der Waals surface area contributed by atoms with Crippen molar-refractivity contribution in [2.45, 2.75) is 40.8 Å². The molecule has 1 amide bonds. The lowest BCUT2D eigenvalue weighted by atomic mass is 10.1. The molecule has 164 valence electrons. The molecule has 4 aromatic rings. The van der Waals surface area contributed by atoms with Crippen molar-refractivity contribution in [1.82, 2.24) is 24.5 Å². The van der Waals surface area contributed by atoms with Crippen LogP contribution in [0.3, 0.4) is 0 Å². The van der Waals surface area contributed by atoms with Crippen LogP contribution in [-0.2, 0) is 17.9 Å². The maximum Gasteiger partial charge on any atom is 0.353 e. The molecule has 0 radical (unpaired) electrons. The number of amides is 1. The number of hydrogen-bond donors (Lipinski definition) is 2. The Labute approximate surface area is 185 Å². The van der Waals surface area contributed by atoms with Crippen molar-refractivity contribution in [3.05, 3.63) is 87.0 Å². The van der Waals surface area contributed by atoms with E-state index in [4.69, 9.17) is 0 Å². The highest BCUT2D eigenvalue weighted by Crippen LogP contribution is 2.19. The predicted octanol–water partition coefficient (Wildman–Crippen LogP) is 3.18. The number of aryl methyl sites for hydroxylation is 4. The molecule has 0 atom stereocenters. The molecule has 0 saturated carbocycles. The maximum absolute atomic E-state index is 13.0. The Kier molecular flexibility index (Phi) is 5.77. The normalized spacial score (nSPS) is 11.0. The van der Waals surface area contributed by atoms with Gasteiger partial charge in [-0.3, -0.25) is 4.79 Å². The van der Waals surface area contributed by atoms with Crippen molar-refractivity contribution in [2.24, 2.45) is 0 Å². The van der Waals surface area contributed by atoms with E-state index < -0.39 is 5.69 Å². The van der Waals surface area contributed by atoms with E-state index in [2.05, 4.69) is 20.7 Å². The molecule has 8 nitrogen and oxygen atoms in total. The number of carbonyl (C=O) groups excluding carboxylic acids is 1. The van der Waals surface area contributed by atoms with E-state index in [0.717, 1.165) is 27.1 Å². The van der Waals surface area contributed by atoms with Crippen LogP contribution in [0.25, 0.3) is 5.65 Å². The van der Waals surface area contributed by atoms with Gasteiger partial charge in [0.15, 0.2) is 5.65 Å². The van der Waals surface area contributed by atoms with Gasteiger partial charge in [-0.15, -0.1) is 5.10 Å². The zero-order valence-electron chi connectivity index (χ0n) is 18.6. The highest BCUT2D eigenvalue weighted by Gasteiger charge is 2.15. The Hall–Kier alpha value is -3.94. The first kappa shape index (κ1) is 21.3. The smallest absolute Gasteiger partial charge is 0.350 e. The molecule has 4 rings (SSSR count). The second-order valence-corrected chi connectivity index (χ2v) is 8.04. The Morgan fingerprint density at radius 2 is 1.72 bits per heavy atom. The Morgan fingerprint density at radius 1 is 0.969 bits per heavy atom.